The molecule has 2 N–H and O–H groups in total. The van der Waals surface area contributed by atoms with Gasteiger partial charge in [0.15, 0.2) is 0 Å². The Balaban J connectivity index is 2.11. The molecule has 4 nitrogen and oxygen atoms in total. The Morgan fingerprint density at radius 3 is 2.94 bits per heavy atom. The van der Waals surface area contributed by atoms with Gasteiger partial charge in [-0.25, -0.2) is 0 Å². The number of nitrogen functional groups attached to an aromatic ring is 1. The second kappa shape index (κ2) is 5.14. The third-order valence-electron chi connectivity index (χ3n) is 2.43. The van der Waals surface area contributed by atoms with E-state index >= 15 is 0 Å². The molecule has 90 valence electrons. The highest BCUT2D eigenvalue weighted by Crippen LogP contribution is 2.14. The van der Waals surface area contributed by atoms with E-state index in [0.717, 1.165) is 17.0 Å². The van der Waals surface area contributed by atoms with Crippen LogP contribution in [0.15, 0.2) is 41.6 Å². The molecule has 17 heavy (non-hydrogen) atoms. The van der Waals surface area contributed by atoms with Crippen molar-refractivity contribution in [1.29, 1.82) is 0 Å². The molecule has 0 spiro atoms. The van der Waals surface area contributed by atoms with E-state index in [2.05, 4.69) is 5.10 Å². The molecule has 2 aromatic rings. The molecule has 0 aliphatic heterocycles. The Bertz CT molecular complexity index is 536. The molecule has 0 fully saturated rings. The number of nitrogens with two attached hydrogens (primary N) is 1. The first-order chi connectivity index (χ1) is 8.19. The summed E-state index contributed by atoms with van der Waals surface area (Å²) in [5.41, 5.74) is 7.28. The van der Waals surface area contributed by atoms with Crippen molar-refractivity contribution in [2.45, 2.75) is 24.1 Å². The summed E-state index contributed by atoms with van der Waals surface area (Å²) in [4.78, 5) is 0.759. The van der Waals surface area contributed by atoms with Crippen LogP contribution in [0, 0.1) is 0 Å². The third-order valence-corrected chi connectivity index (χ3v) is 3.80. The quantitative estimate of drug-likeness (QED) is 0.840. The van der Waals surface area contributed by atoms with Crippen molar-refractivity contribution < 1.29 is 4.21 Å². The molecular weight excluding hydrogens is 234 g/mol. The Labute approximate surface area is 103 Å². The molecule has 0 bridgehead atoms. The summed E-state index contributed by atoms with van der Waals surface area (Å²) in [6.07, 6.45) is 3.68. The molecule has 0 radical (unpaired) electrons. The van der Waals surface area contributed by atoms with Crippen LogP contribution < -0.4 is 5.73 Å². The van der Waals surface area contributed by atoms with E-state index in [1.165, 1.54) is 0 Å². The number of aryl methyl sites for hydroxylation is 1. The van der Waals surface area contributed by atoms with Crippen molar-refractivity contribution >= 4 is 16.5 Å². The lowest BCUT2D eigenvalue weighted by Gasteiger charge is -2.01. The maximum absolute atomic E-state index is 12.1. The maximum atomic E-state index is 12.1. The van der Waals surface area contributed by atoms with Gasteiger partial charge in [-0.1, -0.05) is 6.07 Å². The van der Waals surface area contributed by atoms with Crippen LogP contribution in [0.4, 0.5) is 5.69 Å². The van der Waals surface area contributed by atoms with Gasteiger partial charge in [0.25, 0.3) is 0 Å². The standard InChI is InChI=1S/C12H15N3OS/c1-2-15-8-10(7-14-15)9-17(16)12-5-3-4-11(13)6-12/h3-8H,2,9,13H2,1H3. The lowest BCUT2D eigenvalue weighted by molar-refractivity contribution is 0.659. The van der Waals surface area contributed by atoms with Gasteiger partial charge in [0.1, 0.15) is 0 Å². The zero-order chi connectivity index (χ0) is 12.3. The molecule has 0 amide bonds. The monoisotopic (exact) mass is 249 g/mol. The topological polar surface area (TPSA) is 60.9 Å². The van der Waals surface area contributed by atoms with Crippen LogP contribution in [-0.4, -0.2) is 14.0 Å². The van der Waals surface area contributed by atoms with Crippen molar-refractivity contribution in [3.8, 4) is 0 Å². The first-order valence-electron chi connectivity index (χ1n) is 5.44. The zero-order valence-electron chi connectivity index (χ0n) is 9.67. The highest BCUT2D eigenvalue weighted by atomic mass is 32.2. The Kier molecular flexibility index (Phi) is 3.58. The number of hydrogen-bond donors (Lipinski definition) is 1. The third kappa shape index (κ3) is 2.94. The molecule has 0 aliphatic carbocycles. The fraction of sp³-hybridized carbons (Fsp3) is 0.250. The minimum absolute atomic E-state index is 0.476. The molecule has 1 aromatic carbocycles. The van der Waals surface area contributed by atoms with Crippen LogP contribution in [0.3, 0.4) is 0 Å². The normalized spacial score (nSPS) is 12.5. The summed E-state index contributed by atoms with van der Waals surface area (Å²) in [5, 5.41) is 4.16. The number of rotatable bonds is 4. The Morgan fingerprint density at radius 1 is 1.47 bits per heavy atom. The summed E-state index contributed by atoms with van der Waals surface area (Å²) in [6, 6.07) is 7.19. The molecular formula is C12H15N3OS. The molecule has 1 heterocycles. The second-order valence-corrected chi connectivity index (χ2v) is 5.22. The molecule has 1 atom stereocenters. The highest BCUT2D eigenvalue weighted by Gasteiger charge is 2.07. The van der Waals surface area contributed by atoms with Crippen molar-refractivity contribution in [2.24, 2.45) is 0 Å². The number of aromatic nitrogens is 2. The molecule has 2 rings (SSSR count). The van der Waals surface area contributed by atoms with Gasteiger partial charge in [-0.15, -0.1) is 0 Å². The highest BCUT2D eigenvalue weighted by molar-refractivity contribution is 7.84. The summed E-state index contributed by atoms with van der Waals surface area (Å²) in [5.74, 6) is 0.476. The number of anilines is 1. The largest absolute Gasteiger partial charge is 0.399 e. The van der Waals surface area contributed by atoms with Crippen molar-refractivity contribution in [1.82, 2.24) is 9.78 Å². The maximum Gasteiger partial charge on any atom is 0.0576 e. The fourth-order valence-electron chi connectivity index (χ4n) is 1.54. The smallest absolute Gasteiger partial charge is 0.0576 e. The lowest BCUT2D eigenvalue weighted by atomic mass is 10.3. The fourth-order valence-corrected chi connectivity index (χ4v) is 2.66. The summed E-state index contributed by atoms with van der Waals surface area (Å²) in [7, 11) is -1.07. The predicted molar refractivity (Wildman–Crippen MR) is 68.9 cm³/mol. The van der Waals surface area contributed by atoms with Crippen LogP contribution in [0.1, 0.15) is 12.5 Å². The van der Waals surface area contributed by atoms with Crippen LogP contribution in [0.25, 0.3) is 0 Å². The summed E-state index contributed by atoms with van der Waals surface area (Å²) >= 11 is 0. The van der Waals surface area contributed by atoms with Crippen LogP contribution in [0.2, 0.25) is 0 Å². The lowest BCUT2D eigenvalue weighted by Crippen LogP contribution is -1.97. The number of nitrogens with zero attached hydrogens (tertiary/aromatic N) is 2. The van der Waals surface area contributed by atoms with E-state index in [0.29, 0.717) is 11.4 Å². The van der Waals surface area contributed by atoms with Crippen molar-refractivity contribution in [3.05, 3.63) is 42.2 Å². The molecule has 1 aromatic heterocycles. The van der Waals surface area contributed by atoms with E-state index in [1.54, 1.807) is 18.3 Å². The number of hydrogen-bond acceptors (Lipinski definition) is 3. The molecule has 0 saturated heterocycles. The second-order valence-electron chi connectivity index (χ2n) is 3.77. The molecule has 0 saturated carbocycles. The van der Waals surface area contributed by atoms with Gasteiger partial charge in [0, 0.05) is 28.9 Å². The van der Waals surface area contributed by atoms with Gasteiger partial charge in [0.05, 0.1) is 22.7 Å². The predicted octanol–water partition coefficient (Wildman–Crippen LogP) is 1.79. The van der Waals surface area contributed by atoms with E-state index in [4.69, 9.17) is 5.73 Å². The number of benzene rings is 1. The van der Waals surface area contributed by atoms with Gasteiger partial charge in [-0.2, -0.15) is 5.10 Å². The van der Waals surface area contributed by atoms with Gasteiger partial charge in [0.2, 0.25) is 0 Å². The van der Waals surface area contributed by atoms with Gasteiger partial charge >= 0.3 is 0 Å². The Morgan fingerprint density at radius 2 is 2.29 bits per heavy atom. The average Bonchev–Trinajstić information content (AvgIpc) is 2.77. The van der Waals surface area contributed by atoms with Gasteiger partial charge in [-0.05, 0) is 25.1 Å². The molecule has 1 unspecified atom stereocenters. The van der Waals surface area contributed by atoms with Gasteiger partial charge < -0.3 is 5.73 Å². The van der Waals surface area contributed by atoms with Crippen LogP contribution in [-0.2, 0) is 23.1 Å². The van der Waals surface area contributed by atoms with Crippen molar-refractivity contribution in [2.75, 3.05) is 5.73 Å². The van der Waals surface area contributed by atoms with Crippen LogP contribution in [0.5, 0.6) is 0 Å². The average molecular weight is 249 g/mol. The molecule has 0 aliphatic rings. The summed E-state index contributed by atoms with van der Waals surface area (Å²) < 4.78 is 13.9. The van der Waals surface area contributed by atoms with E-state index in [1.807, 2.05) is 29.9 Å². The SMILES string of the molecule is CCn1cc(CS(=O)c2cccc(N)c2)cn1. The van der Waals surface area contributed by atoms with Crippen LogP contribution >= 0.6 is 0 Å². The van der Waals surface area contributed by atoms with E-state index in [9.17, 15) is 4.21 Å². The first kappa shape index (κ1) is 11.9. The van der Waals surface area contributed by atoms with E-state index in [-0.39, 0.29) is 0 Å². The minimum Gasteiger partial charge on any atom is -0.399 e. The zero-order valence-corrected chi connectivity index (χ0v) is 10.5. The van der Waals surface area contributed by atoms with Gasteiger partial charge in [-0.3, -0.25) is 8.89 Å². The molecule has 5 heteroatoms. The Hall–Kier alpha value is -1.62. The minimum atomic E-state index is -1.07. The van der Waals surface area contributed by atoms with Crippen molar-refractivity contribution in [3.63, 3.8) is 0 Å². The first-order valence-corrected chi connectivity index (χ1v) is 6.76. The van der Waals surface area contributed by atoms with E-state index < -0.39 is 10.8 Å². The summed E-state index contributed by atoms with van der Waals surface area (Å²) in [6.45, 7) is 2.84.